The van der Waals surface area contributed by atoms with Crippen LogP contribution in [0.4, 0.5) is 0 Å². The Bertz CT molecular complexity index is 857. The largest absolute Gasteiger partial charge is 0.504 e. The number of aromatic hydroxyl groups is 1. The van der Waals surface area contributed by atoms with Gasteiger partial charge in [-0.25, -0.2) is 5.43 Å². The van der Waals surface area contributed by atoms with E-state index in [9.17, 15) is 9.90 Å². The highest BCUT2D eigenvalue weighted by Crippen LogP contribution is 2.27. The zero-order chi connectivity index (χ0) is 21.9. The number of benzene rings is 2. The van der Waals surface area contributed by atoms with E-state index in [0.717, 1.165) is 25.4 Å². The Morgan fingerprint density at radius 1 is 1.10 bits per heavy atom. The molecular weight excluding hydrogens is 384 g/mol. The first kappa shape index (κ1) is 23.2. The van der Waals surface area contributed by atoms with Crippen molar-refractivity contribution in [3.8, 4) is 17.2 Å². The summed E-state index contributed by atoms with van der Waals surface area (Å²) in [6.45, 7) is 2.55. The second-order valence-corrected chi connectivity index (χ2v) is 7.02. The molecule has 0 spiro atoms. The molecule has 0 atom stereocenters. The lowest BCUT2D eigenvalue weighted by molar-refractivity contribution is -0.121. The number of hydrogen-bond donors (Lipinski definition) is 2. The van der Waals surface area contributed by atoms with Gasteiger partial charge >= 0.3 is 0 Å². The van der Waals surface area contributed by atoms with E-state index in [1.54, 1.807) is 25.3 Å². The molecule has 0 aromatic heterocycles. The minimum atomic E-state index is -0.230. The van der Waals surface area contributed by atoms with E-state index in [-0.39, 0.29) is 18.2 Å². The number of likely N-dealkylation sites (N-methyl/N-ethyl adjacent to an activating group) is 2. The minimum Gasteiger partial charge on any atom is -0.504 e. The Hall–Kier alpha value is -3.10. The van der Waals surface area contributed by atoms with Gasteiger partial charge in [0.15, 0.2) is 11.5 Å². The van der Waals surface area contributed by atoms with Crippen LogP contribution in [0.25, 0.3) is 0 Å². The number of phenolic OH excluding ortho intramolecular Hbond substituents is 1. The molecule has 2 rings (SSSR count). The SMILES string of the molecule is COc1cccc(CN(C)CCN(C)CC(=O)N/N=C/c2cccc(OC)c2O)c1. The van der Waals surface area contributed by atoms with Crippen molar-refractivity contribution < 1.29 is 19.4 Å². The van der Waals surface area contributed by atoms with Crippen molar-refractivity contribution in [2.24, 2.45) is 5.10 Å². The third-order valence-corrected chi connectivity index (χ3v) is 4.51. The van der Waals surface area contributed by atoms with Crippen LogP contribution < -0.4 is 14.9 Å². The lowest BCUT2D eigenvalue weighted by Crippen LogP contribution is -2.37. The van der Waals surface area contributed by atoms with E-state index < -0.39 is 0 Å². The van der Waals surface area contributed by atoms with Gasteiger partial charge < -0.3 is 19.5 Å². The lowest BCUT2D eigenvalue weighted by atomic mass is 10.2. The van der Waals surface area contributed by atoms with Crippen LogP contribution in [-0.2, 0) is 11.3 Å². The van der Waals surface area contributed by atoms with Crippen LogP contribution in [0.2, 0.25) is 0 Å². The van der Waals surface area contributed by atoms with Gasteiger partial charge in [-0.2, -0.15) is 5.10 Å². The number of nitrogens with zero attached hydrogens (tertiary/aromatic N) is 3. The summed E-state index contributed by atoms with van der Waals surface area (Å²) < 4.78 is 10.3. The van der Waals surface area contributed by atoms with Crippen LogP contribution in [0.3, 0.4) is 0 Å². The van der Waals surface area contributed by atoms with Gasteiger partial charge in [0.1, 0.15) is 5.75 Å². The van der Waals surface area contributed by atoms with Crippen LogP contribution in [-0.4, -0.2) is 75.0 Å². The minimum absolute atomic E-state index is 0.0193. The van der Waals surface area contributed by atoms with Crippen molar-refractivity contribution in [2.75, 3.05) is 47.9 Å². The van der Waals surface area contributed by atoms with Crippen LogP contribution in [0.5, 0.6) is 17.2 Å². The molecule has 0 aliphatic rings. The third-order valence-electron chi connectivity index (χ3n) is 4.51. The molecule has 0 unspecified atom stereocenters. The highest BCUT2D eigenvalue weighted by molar-refractivity contribution is 5.86. The number of nitrogens with one attached hydrogen (secondary N) is 1. The molecule has 8 heteroatoms. The maximum absolute atomic E-state index is 12.1. The van der Waals surface area contributed by atoms with Gasteiger partial charge in [-0.1, -0.05) is 18.2 Å². The third kappa shape index (κ3) is 7.38. The number of hydrogen-bond acceptors (Lipinski definition) is 7. The van der Waals surface area contributed by atoms with E-state index in [4.69, 9.17) is 9.47 Å². The average Bonchev–Trinajstić information content (AvgIpc) is 2.73. The maximum atomic E-state index is 12.1. The summed E-state index contributed by atoms with van der Waals surface area (Å²) >= 11 is 0. The van der Waals surface area contributed by atoms with Gasteiger partial charge in [0.05, 0.1) is 27.0 Å². The highest BCUT2D eigenvalue weighted by atomic mass is 16.5. The van der Waals surface area contributed by atoms with Crippen molar-refractivity contribution in [3.63, 3.8) is 0 Å². The Morgan fingerprint density at radius 3 is 2.57 bits per heavy atom. The molecule has 0 fully saturated rings. The van der Waals surface area contributed by atoms with Crippen LogP contribution in [0.1, 0.15) is 11.1 Å². The Kier molecular flexibility index (Phi) is 9.11. The number of para-hydroxylation sites is 1. The molecule has 0 saturated heterocycles. The van der Waals surface area contributed by atoms with Crippen molar-refractivity contribution in [1.29, 1.82) is 0 Å². The van der Waals surface area contributed by atoms with E-state index >= 15 is 0 Å². The number of carbonyl (C=O) groups excluding carboxylic acids is 1. The first-order valence-corrected chi connectivity index (χ1v) is 9.60. The Balaban J connectivity index is 1.73. The van der Waals surface area contributed by atoms with Crippen molar-refractivity contribution in [2.45, 2.75) is 6.54 Å². The molecule has 8 nitrogen and oxygen atoms in total. The first-order valence-electron chi connectivity index (χ1n) is 9.60. The molecule has 0 saturated carbocycles. The quantitative estimate of drug-likeness (QED) is 0.432. The molecule has 1 amide bonds. The fourth-order valence-corrected chi connectivity index (χ4v) is 2.84. The lowest BCUT2D eigenvalue weighted by Gasteiger charge is -2.21. The molecular formula is C22H30N4O4. The smallest absolute Gasteiger partial charge is 0.254 e. The molecule has 30 heavy (non-hydrogen) atoms. The van der Waals surface area contributed by atoms with Gasteiger partial charge in [-0.3, -0.25) is 9.69 Å². The van der Waals surface area contributed by atoms with E-state index in [1.165, 1.54) is 18.9 Å². The topological polar surface area (TPSA) is 86.6 Å². The Morgan fingerprint density at radius 2 is 1.83 bits per heavy atom. The van der Waals surface area contributed by atoms with E-state index in [2.05, 4.69) is 21.5 Å². The van der Waals surface area contributed by atoms with Crippen LogP contribution in [0, 0.1) is 0 Å². The van der Waals surface area contributed by atoms with Gasteiger partial charge in [0.25, 0.3) is 5.91 Å². The zero-order valence-electron chi connectivity index (χ0n) is 18.0. The fourth-order valence-electron chi connectivity index (χ4n) is 2.84. The predicted octanol–water partition coefficient (Wildman–Crippen LogP) is 1.92. The zero-order valence-corrected chi connectivity index (χ0v) is 18.0. The summed E-state index contributed by atoms with van der Waals surface area (Å²) in [6.07, 6.45) is 1.39. The van der Waals surface area contributed by atoms with Crippen molar-refractivity contribution in [1.82, 2.24) is 15.2 Å². The van der Waals surface area contributed by atoms with Gasteiger partial charge in [0.2, 0.25) is 0 Å². The number of amides is 1. The summed E-state index contributed by atoms with van der Waals surface area (Å²) in [6, 6.07) is 13.0. The van der Waals surface area contributed by atoms with Crippen LogP contribution in [0.15, 0.2) is 47.6 Å². The molecule has 0 bridgehead atoms. The number of ether oxygens (including phenoxy) is 2. The monoisotopic (exact) mass is 414 g/mol. The molecule has 0 radical (unpaired) electrons. The number of methoxy groups -OCH3 is 2. The molecule has 2 aromatic rings. The van der Waals surface area contributed by atoms with E-state index in [0.29, 0.717) is 11.3 Å². The van der Waals surface area contributed by atoms with Gasteiger partial charge in [0, 0.05) is 25.2 Å². The molecule has 162 valence electrons. The van der Waals surface area contributed by atoms with Crippen molar-refractivity contribution >= 4 is 12.1 Å². The molecule has 2 aromatic carbocycles. The average molecular weight is 415 g/mol. The first-order chi connectivity index (χ1) is 14.4. The summed E-state index contributed by atoms with van der Waals surface area (Å²) in [5, 5.41) is 13.9. The molecule has 2 N–H and O–H groups in total. The van der Waals surface area contributed by atoms with Crippen molar-refractivity contribution in [3.05, 3.63) is 53.6 Å². The second kappa shape index (κ2) is 11.8. The van der Waals surface area contributed by atoms with Crippen LogP contribution >= 0.6 is 0 Å². The maximum Gasteiger partial charge on any atom is 0.254 e. The van der Waals surface area contributed by atoms with Gasteiger partial charge in [-0.15, -0.1) is 0 Å². The molecule has 0 aliphatic carbocycles. The van der Waals surface area contributed by atoms with Gasteiger partial charge in [-0.05, 0) is 43.9 Å². The molecule has 0 heterocycles. The van der Waals surface area contributed by atoms with E-state index in [1.807, 2.05) is 37.2 Å². The number of hydrazone groups is 1. The summed E-state index contributed by atoms with van der Waals surface area (Å²) in [7, 11) is 7.06. The highest BCUT2D eigenvalue weighted by Gasteiger charge is 2.09. The second-order valence-electron chi connectivity index (χ2n) is 7.02. The summed E-state index contributed by atoms with van der Waals surface area (Å²) in [4.78, 5) is 16.2. The molecule has 0 aliphatic heterocycles. The summed E-state index contributed by atoms with van der Waals surface area (Å²) in [5.41, 5.74) is 4.11. The normalized spacial score (nSPS) is 11.3. The number of phenols is 1. The standard InChI is InChI=1S/C22H30N4O4/c1-25(15-17-7-5-9-19(13-17)29-3)11-12-26(2)16-21(27)24-23-14-18-8-6-10-20(30-4)22(18)28/h5-10,13-14,28H,11-12,15-16H2,1-4H3,(H,24,27)/b23-14+. The number of carbonyl (C=O) groups is 1. The predicted molar refractivity (Wildman–Crippen MR) is 117 cm³/mol. The fraction of sp³-hybridized carbons (Fsp3) is 0.364. The Labute approximate surface area is 177 Å². The summed E-state index contributed by atoms with van der Waals surface area (Å²) in [5.74, 6) is 0.946. The number of rotatable bonds is 11.